The average molecular weight is 578 g/mol. The van der Waals surface area contributed by atoms with Crippen LogP contribution in [0.4, 0.5) is 9.80 Å². The minimum atomic E-state index is -3.64. The first-order valence-electron chi connectivity index (χ1n) is 12.7. The zero-order valence-corrected chi connectivity index (χ0v) is 23.4. The molecule has 0 bridgehead atoms. The van der Waals surface area contributed by atoms with E-state index >= 15 is 0 Å². The lowest BCUT2D eigenvalue weighted by molar-refractivity contribution is -0.119. The van der Waals surface area contributed by atoms with Gasteiger partial charge in [-0.05, 0) is 56.0 Å². The number of ether oxygens (including phenoxy) is 1. The number of hydrogen-bond acceptors (Lipinski definition) is 8. The number of piperidine rings is 1. The quantitative estimate of drug-likeness (QED) is 0.446. The third-order valence-corrected chi connectivity index (χ3v) is 9.50. The molecule has 3 N–H and O–H groups in total. The lowest BCUT2D eigenvalue weighted by Gasteiger charge is -2.26. The first-order chi connectivity index (χ1) is 18.6. The summed E-state index contributed by atoms with van der Waals surface area (Å²) in [5, 5.41) is 3.01. The number of carbonyl (C=O) groups excluding carboxylic acids is 4. The molecule has 1 aromatic carbocycles. The molecule has 1 fully saturated rings. The van der Waals surface area contributed by atoms with Crippen LogP contribution in [-0.4, -0.2) is 67.7 Å². The van der Waals surface area contributed by atoms with Crippen molar-refractivity contribution in [2.45, 2.75) is 51.0 Å². The van der Waals surface area contributed by atoms with Gasteiger partial charge < -0.3 is 15.0 Å². The van der Waals surface area contributed by atoms with Crippen LogP contribution in [0.1, 0.15) is 64.3 Å². The highest BCUT2D eigenvalue weighted by molar-refractivity contribution is 7.89. The van der Waals surface area contributed by atoms with E-state index in [1.165, 1.54) is 40.4 Å². The van der Waals surface area contributed by atoms with Crippen LogP contribution in [0.3, 0.4) is 0 Å². The molecule has 39 heavy (non-hydrogen) atoms. The molecule has 210 valence electrons. The maximum Gasteiger partial charge on any atom is 0.410 e. The SMILES string of the molecule is CCOC(=O)N1CCc2c(sc(NC(=O)c3ccc(S(=O)(=O)N4CCCCC4)cc3)c2C(=O)NNC(C)=O)C1. The maximum atomic E-state index is 13.1. The van der Waals surface area contributed by atoms with Gasteiger partial charge in [-0.1, -0.05) is 6.42 Å². The van der Waals surface area contributed by atoms with Gasteiger partial charge in [0.15, 0.2) is 0 Å². The van der Waals surface area contributed by atoms with Gasteiger partial charge >= 0.3 is 6.09 Å². The summed E-state index contributed by atoms with van der Waals surface area (Å²) in [7, 11) is -3.64. The van der Waals surface area contributed by atoms with Gasteiger partial charge in [0.2, 0.25) is 15.9 Å². The smallest absolute Gasteiger partial charge is 0.410 e. The highest BCUT2D eigenvalue weighted by Gasteiger charge is 2.31. The van der Waals surface area contributed by atoms with E-state index < -0.39 is 33.8 Å². The van der Waals surface area contributed by atoms with Gasteiger partial charge in [0, 0.05) is 37.0 Å². The van der Waals surface area contributed by atoms with E-state index in [0.29, 0.717) is 36.5 Å². The van der Waals surface area contributed by atoms with Crippen LogP contribution in [-0.2, 0) is 32.5 Å². The summed E-state index contributed by atoms with van der Waals surface area (Å²) >= 11 is 1.16. The number of anilines is 1. The monoisotopic (exact) mass is 577 g/mol. The number of nitrogens with one attached hydrogen (secondary N) is 3. The van der Waals surface area contributed by atoms with E-state index in [1.807, 2.05) is 0 Å². The maximum absolute atomic E-state index is 13.1. The van der Waals surface area contributed by atoms with Gasteiger partial charge in [0.1, 0.15) is 5.00 Å². The Hall–Kier alpha value is -3.49. The minimum absolute atomic E-state index is 0.113. The summed E-state index contributed by atoms with van der Waals surface area (Å²) in [5.41, 5.74) is 5.67. The number of sulfonamides is 1. The van der Waals surface area contributed by atoms with Crippen molar-refractivity contribution in [2.75, 3.05) is 31.6 Å². The standard InChI is InChI=1S/C25H31N5O7S2/c1-3-37-25(34)29-14-11-19-20(15-29)38-24(21(19)23(33)28-27-16(2)31)26-22(32)17-7-9-18(10-8-17)39(35,36)30-12-5-4-6-13-30/h7-10H,3-6,11-15H2,1-2H3,(H,26,32)(H,27,31)(H,28,33). The molecule has 4 amide bonds. The van der Waals surface area contributed by atoms with Crippen LogP contribution >= 0.6 is 11.3 Å². The van der Waals surface area contributed by atoms with Crippen molar-refractivity contribution in [1.82, 2.24) is 20.1 Å². The minimum Gasteiger partial charge on any atom is -0.450 e. The fourth-order valence-corrected chi connectivity index (χ4v) is 7.29. The molecule has 12 nitrogen and oxygen atoms in total. The van der Waals surface area contributed by atoms with Crippen LogP contribution in [0.2, 0.25) is 0 Å². The Labute approximate surface area is 230 Å². The molecule has 14 heteroatoms. The van der Waals surface area contributed by atoms with Crippen molar-refractivity contribution in [3.63, 3.8) is 0 Å². The van der Waals surface area contributed by atoms with E-state index in [4.69, 9.17) is 4.74 Å². The first-order valence-corrected chi connectivity index (χ1v) is 14.9. The molecule has 0 atom stereocenters. The Morgan fingerprint density at radius 2 is 1.67 bits per heavy atom. The number of thiophene rings is 1. The summed E-state index contributed by atoms with van der Waals surface area (Å²) < 4.78 is 32.4. The fourth-order valence-electron chi connectivity index (χ4n) is 4.52. The number of rotatable bonds is 6. The van der Waals surface area contributed by atoms with Crippen molar-refractivity contribution in [2.24, 2.45) is 0 Å². The molecular formula is C25H31N5O7S2. The Balaban J connectivity index is 1.56. The van der Waals surface area contributed by atoms with E-state index in [9.17, 15) is 27.6 Å². The molecule has 1 aromatic heterocycles. The molecule has 0 saturated carbocycles. The molecule has 4 rings (SSSR count). The molecule has 0 unspecified atom stereocenters. The summed E-state index contributed by atoms with van der Waals surface area (Å²) in [6.07, 6.45) is 2.53. The third kappa shape index (κ3) is 6.40. The fraction of sp³-hybridized carbons (Fsp3) is 0.440. The number of benzene rings is 1. The first kappa shape index (κ1) is 28.5. The Morgan fingerprint density at radius 3 is 2.31 bits per heavy atom. The largest absolute Gasteiger partial charge is 0.450 e. The van der Waals surface area contributed by atoms with Gasteiger partial charge in [-0.15, -0.1) is 11.3 Å². The lowest BCUT2D eigenvalue weighted by Crippen LogP contribution is -2.41. The number of hydrogen-bond donors (Lipinski definition) is 3. The van der Waals surface area contributed by atoms with Crippen molar-refractivity contribution in [3.05, 3.63) is 45.8 Å². The van der Waals surface area contributed by atoms with E-state index in [0.717, 1.165) is 30.6 Å². The average Bonchev–Trinajstić information content (AvgIpc) is 3.29. The highest BCUT2D eigenvalue weighted by atomic mass is 32.2. The number of amides is 4. The Kier molecular flexibility index (Phi) is 8.87. The molecule has 2 aliphatic heterocycles. The topological polar surface area (TPSA) is 154 Å². The van der Waals surface area contributed by atoms with E-state index in [-0.39, 0.29) is 34.2 Å². The zero-order valence-electron chi connectivity index (χ0n) is 21.7. The molecule has 2 aromatic rings. The predicted molar refractivity (Wildman–Crippen MR) is 144 cm³/mol. The Morgan fingerprint density at radius 1 is 0.974 bits per heavy atom. The summed E-state index contributed by atoms with van der Waals surface area (Å²) in [4.78, 5) is 52.1. The summed E-state index contributed by atoms with van der Waals surface area (Å²) in [5.74, 6) is -1.61. The molecule has 1 saturated heterocycles. The van der Waals surface area contributed by atoms with Gasteiger partial charge in [-0.3, -0.25) is 25.2 Å². The second kappa shape index (κ2) is 12.1. The van der Waals surface area contributed by atoms with Gasteiger partial charge in [-0.25, -0.2) is 13.2 Å². The number of hydrazine groups is 1. The van der Waals surface area contributed by atoms with Crippen LogP contribution in [0.5, 0.6) is 0 Å². The van der Waals surface area contributed by atoms with Gasteiger partial charge in [-0.2, -0.15) is 4.31 Å². The molecule has 0 spiro atoms. The van der Waals surface area contributed by atoms with Crippen LogP contribution in [0, 0.1) is 0 Å². The number of fused-ring (bicyclic) bond motifs is 1. The van der Waals surface area contributed by atoms with Crippen LogP contribution < -0.4 is 16.2 Å². The van der Waals surface area contributed by atoms with Crippen LogP contribution in [0.25, 0.3) is 0 Å². The van der Waals surface area contributed by atoms with Crippen molar-refractivity contribution < 1.29 is 32.3 Å². The highest BCUT2D eigenvalue weighted by Crippen LogP contribution is 2.37. The van der Waals surface area contributed by atoms with E-state index in [2.05, 4.69) is 16.2 Å². The Bertz CT molecular complexity index is 1370. The second-order valence-corrected chi connectivity index (χ2v) is 12.2. The summed E-state index contributed by atoms with van der Waals surface area (Å²) in [6.45, 7) is 4.68. The second-order valence-electron chi connectivity index (χ2n) is 9.16. The van der Waals surface area contributed by atoms with Crippen LogP contribution in [0.15, 0.2) is 29.2 Å². The lowest BCUT2D eigenvalue weighted by atomic mass is 10.0. The number of nitrogens with zero attached hydrogens (tertiary/aromatic N) is 2. The third-order valence-electron chi connectivity index (χ3n) is 6.46. The normalized spacial score (nSPS) is 15.7. The summed E-state index contributed by atoms with van der Waals surface area (Å²) in [6, 6.07) is 5.66. The van der Waals surface area contributed by atoms with E-state index in [1.54, 1.807) is 6.92 Å². The van der Waals surface area contributed by atoms with Crippen molar-refractivity contribution in [1.29, 1.82) is 0 Å². The molecule has 2 aliphatic rings. The molecule has 3 heterocycles. The molecule has 0 aliphatic carbocycles. The zero-order chi connectivity index (χ0) is 28.2. The number of carbonyl (C=O) groups is 4. The van der Waals surface area contributed by atoms with Crippen molar-refractivity contribution in [3.8, 4) is 0 Å². The van der Waals surface area contributed by atoms with Crippen molar-refractivity contribution >= 4 is 50.2 Å². The van der Waals surface area contributed by atoms with Gasteiger partial charge in [0.25, 0.3) is 11.8 Å². The van der Waals surface area contributed by atoms with Gasteiger partial charge in [0.05, 0.1) is 23.6 Å². The molecular weight excluding hydrogens is 546 g/mol. The predicted octanol–water partition coefficient (Wildman–Crippen LogP) is 2.47. The molecule has 0 radical (unpaired) electrons.